The van der Waals surface area contributed by atoms with Crippen LogP contribution in [0.15, 0.2) is 30.3 Å². The number of carbonyl (C=O) groups excluding carboxylic acids is 1. The third-order valence-electron chi connectivity index (χ3n) is 3.66. The highest BCUT2D eigenvalue weighted by Gasteiger charge is 2.33. The van der Waals surface area contributed by atoms with Gasteiger partial charge in [0.25, 0.3) is 0 Å². The number of hydrogen-bond acceptors (Lipinski definition) is 4. The van der Waals surface area contributed by atoms with Crippen LogP contribution in [0, 0.1) is 0 Å². The molecule has 1 heterocycles. The molecule has 128 valence electrons. The Bertz CT molecular complexity index is 499. The molecule has 1 saturated heterocycles. The summed E-state index contributed by atoms with van der Waals surface area (Å²) in [4.78, 5) is 16.4. The molecular weight excluding hydrogens is 292 g/mol. The highest BCUT2D eigenvalue weighted by Crippen LogP contribution is 2.18. The maximum absolute atomic E-state index is 12.4. The fourth-order valence-electron chi connectivity index (χ4n) is 2.65. The van der Waals surface area contributed by atoms with E-state index in [1.54, 1.807) is 4.90 Å². The molecule has 0 aliphatic carbocycles. The van der Waals surface area contributed by atoms with Crippen molar-refractivity contribution in [1.82, 2.24) is 9.80 Å². The lowest BCUT2D eigenvalue weighted by Gasteiger charge is -2.41. The zero-order valence-corrected chi connectivity index (χ0v) is 14.6. The van der Waals surface area contributed by atoms with Crippen molar-refractivity contribution in [1.29, 1.82) is 0 Å². The predicted octanol–water partition coefficient (Wildman–Crippen LogP) is 3.10. The van der Waals surface area contributed by atoms with E-state index in [4.69, 9.17) is 9.47 Å². The van der Waals surface area contributed by atoms with E-state index in [-0.39, 0.29) is 12.3 Å². The zero-order valence-electron chi connectivity index (χ0n) is 14.6. The summed E-state index contributed by atoms with van der Waals surface area (Å²) in [6, 6.07) is 10.4. The molecular formula is C18H28N2O3. The van der Waals surface area contributed by atoms with Crippen LogP contribution in [0.25, 0.3) is 0 Å². The highest BCUT2D eigenvalue weighted by atomic mass is 16.6. The molecule has 2 rings (SSSR count). The molecule has 1 aliphatic heterocycles. The molecule has 0 saturated carbocycles. The second-order valence-electron chi connectivity index (χ2n) is 6.80. The van der Waals surface area contributed by atoms with E-state index in [9.17, 15) is 4.79 Å². The minimum Gasteiger partial charge on any atom is -0.444 e. The lowest BCUT2D eigenvalue weighted by atomic mass is 10.2. The molecule has 1 aliphatic rings. The SMILES string of the molecule is CCOC1CN(Cc2ccccc2)CCN1C(=O)OC(C)(C)C. The molecule has 1 aromatic rings. The Morgan fingerprint density at radius 2 is 1.91 bits per heavy atom. The molecule has 5 nitrogen and oxygen atoms in total. The molecule has 1 atom stereocenters. The summed E-state index contributed by atoms with van der Waals surface area (Å²) in [5.74, 6) is 0. The fourth-order valence-corrected chi connectivity index (χ4v) is 2.65. The number of piperazine rings is 1. The Labute approximate surface area is 139 Å². The van der Waals surface area contributed by atoms with Gasteiger partial charge in [-0.3, -0.25) is 9.80 Å². The molecule has 1 amide bonds. The lowest BCUT2D eigenvalue weighted by Crippen LogP contribution is -2.56. The summed E-state index contributed by atoms with van der Waals surface area (Å²) in [6.45, 7) is 11.2. The van der Waals surface area contributed by atoms with Crippen LogP contribution in [-0.2, 0) is 16.0 Å². The summed E-state index contributed by atoms with van der Waals surface area (Å²) in [5, 5.41) is 0. The number of amides is 1. The van der Waals surface area contributed by atoms with Gasteiger partial charge in [-0.05, 0) is 33.3 Å². The molecule has 1 aromatic carbocycles. The van der Waals surface area contributed by atoms with Gasteiger partial charge in [0.2, 0.25) is 0 Å². The van der Waals surface area contributed by atoms with E-state index in [2.05, 4.69) is 17.0 Å². The molecule has 0 radical (unpaired) electrons. The normalized spacial score (nSPS) is 19.7. The summed E-state index contributed by atoms with van der Waals surface area (Å²) in [6.07, 6.45) is -0.553. The van der Waals surface area contributed by atoms with Gasteiger partial charge in [0, 0.05) is 32.8 Å². The van der Waals surface area contributed by atoms with E-state index < -0.39 is 5.60 Å². The number of benzene rings is 1. The number of ether oxygens (including phenoxy) is 2. The summed E-state index contributed by atoms with van der Waals surface area (Å²) in [5.41, 5.74) is 0.781. The Hall–Kier alpha value is -1.59. The summed E-state index contributed by atoms with van der Waals surface area (Å²) < 4.78 is 11.3. The second kappa shape index (κ2) is 7.79. The van der Waals surface area contributed by atoms with Gasteiger partial charge in [0.1, 0.15) is 11.8 Å². The molecule has 0 aromatic heterocycles. The maximum Gasteiger partial charge on any atom is 0.412 e. The van der Waals surface area contributed by atoms with Crippen molar-refractivity contribution in [3.63, 3.8) is 0 Å². The van der Waals surface area contributed by atoms with Gasteiger partial charge in [-0.15, -0.1) is 0 Å². The third-order valence-corrected chi connectivity index (χ3v) is 3.66. The van der Waals surface area contributed by atoms with Crippen LogP contribution in [0.2, 0.25) is 0 Å². The van der Waals surface area contributed by atoms with Gasteiger partial charge in [-0.2, -0.15) is 0 Å². The van der Waals surface area contributed by atoms with Crippen LogP contribution in [0.1, 0.15) is 33.3 Å². The van der Waals surface area contributed by atoms with Crippen molar-refractivity contribution in [3.05, 3.63) is 35.9 Å². The van der Waals surface area contributed by atoms with Gasteiger partial charge in [0.05, 0.1) is 0 Å². The second-order valence-corrected chi connectivity index (χ2v) is 6.80. The quantitative estimate of drug-likeness (QED) is 0.855. The van der Waals surface area contributed by atoms with E-state index in [0.29, 0.717) is 19.7 Å². The predicted molar refractivity (Wildman–Crippen MR) is 90.1 cm³/mol. The van der Waals surface area contributed by atoms with Crippen molar-refractivity contribution >= 4 is 6.09 Å². The topological polar surface area (TPSA) is 42.0 Å². The number of carbonyl (C=O) groups is 1. The Balaban J connectivity index is 1.98. The van der Waals surface area contributed by atoms with E-state index in [0.717, 1.165) is 13.1 Å². The zero-order chi connectivity index (χ0) is 16.9. The molecule has 0 bridgehead atoms. The van der Waals surface area contributed by atoms with Gasteiger partial charge in [-0.1, -0.05) is 30.3 Å². The third kappa shape index (κ3) is 5.52. The van der Waals surface area contributed by atoms with Gasteiger partial charge in [0.15, 0.2) is 0 Å². The van der Waals surface area contributed by atoms with E-state index in [1.807, 2.05) is 45.9 Å². The van der Waals surface area contributed by atoms with Crippen molar-refractivity contribution in [2.45, 2.75) is 46.1 Å². The molecule has 1 fully saturated rings. The summed E-state index contributed by atoms with van der Waals surface area (Å²) >= 11 is 0. The van der Waals surface area contributed by atoms with Crippen molar-refractivity contribution in [2.75, 3.05) is 26.2 Å². The summed E-state index contributed by atoms with van der Waals surface area (Å²) in [7, 11) is 0. The number of nitrogens with zero attached hydrogens (tertiary/aromatic N) is 2. The Kier molecular flexibility index (Phi) is 6.02. The van der Waals surface area contributed by atoms with E-state index in [1.165, 1.54) is 5.56 Å². The van der Waals surface area contributed by atoms with Crippen molar-refractivity contribution < 1.29 is 14.3 Å². The minimum atomic E-state index is -0.491. The average molecular weight is 320 g/mol. The standard InChI is InChI=1S/C18H28N2O3/c1-5-22-16-14-19(13-15-9-7-6-8-10-15)11-12-20(16)17(21)23-18(2,3)4/h6-10,16H,5,11-14H2,1-4H3. The van der Waals surface area contributed by atoms with Gasteiger partial charge < -0.3 is 9.47 Å². The minimum absolute atomic E-state index is 0.257. The highest BCUT2D eigenvalue weighted by molar-refractivity contribution is 5.68. The van der Waals surface area contributed by atoms with Crippen LogP contribution >= 0.6 is 0 Å². The van der Waals surface area contributed by atoms with Crippen LogP contribution in [0.4, 0.5) is 4.79 Å². The van der Waals surface area contributed by atoms with Crippen LogP contribution in [-0.4, -0.2) is 54.0 Å². The first-order valence-electron chi connectivity index (χ1n) is 8.26. The lowest BCUT2D eigenvalue weighted by molar-refractivity contribution is -0.0988. The Morgan fingerprint density at radius 3 is 2.52 bits per heavy atom. The monoisotopic (exact) mass is 320 g/mol. The molecule has 23 heavy (non-hydrogen) atoms. The Morgan fingerprint density at radius 1 is 1.22 bits per heavy atom. The van der Waals surface area contributed by atoms with E-state index >= 15 is 0 Å². The van der Waals surface area contributed by atoms with Crippen LogP contribution in [0.3, 0.4) is 0 Å². The van der Waals surface area contributed by atoms with Crippen LogP contribution < -0.4 is 0 Å². The molecule has 1 unspecified atom stereocenters. The molecule has 5 heteroatoms. The largest absolute Gasteiger partial charge is 0.444 e. The van der Waals surface area contributed by atoms with Gasteiger partial charge >= 0.3 is 6.09 Å². The smallest absolute Gasteiger partial charge is 0.412 e. The van der Waals surface area contributed by atoms with Crippen LogP contribution in [0.5, 0.6) is 0 Å². The van der Waals surface area contributed by atoms with Gasteiger partial charge in [-0.25, -0.2) is 4.79 Å². The first-order chi connectivity index (χ1) is 10.9. The molecule has 0 N–H and O–H groups in total. The maximum atomic E-state index is 12.4. The van der Waals surface area contributed by atoms with Crippen molar-refractivity contribution in [3.8, 4) is 0 Å². The van der Waals surface area contributed by atoms with Crippen molar-refractivity contribution in [2.24, 2.45) is 0 Å². The first-order valence-corrected chi connectivity index (χ1v) is 8.26. The fraction of sp³-hybridized carbons (Fsp3) is 0.611. The molecule has 0 spiro atoms. The number of rotatable bonds is 4. The average Bonchev–Trinajstić information content (AvgIpc) is 2.47. The first kappa shape index (κ1) is 17.8. The number of hydrogen-bond donors (Lipinski definition) is 0.